The van der Waals surface area contributed by atoms with Crippen LogP contribution in [0.3, 0.4) is 0 Å². The van der Waals surface area contributed by atoms with Gasteiger partial charge >= 0.3 is 0 Å². The molecule has 0 aliphatic heterocycles. The number of aliphatic hydroxyl groups excluding tert-OH is 1. The molecule has 0 saturated heterocycles. The number of hydrogen-bond donors (Lipinski definition) is 1. The van der Waals surface area contributed by atoms with Crippen LogP contribution in [-0.4, -0.2) is 11.7 Å². The third-order valence-corrected chi connectivity index (χ3v) is 3.39. The van der Waals surface area contributed by atoms with Crippen molar-refractivity contribution in [2.24, 2.45) is 0 Å². The van der Waals surface area contributed by atoms with Gasteiger partial charge in [-0.3, -0.25) is 0 Å². The minimum absolute atomic E-state index is 0.291. The number of rotatable bonds is 5. The number of anilines is 1. The van der Waals surface area contributed by atoms with Crippen LogP contribution in [0.15, 0.2) is 48.5 Å². The van der Waals surface area contributed by atoms with Gasteiger partial charge in [-0.05, 0) is 37.1 Å². The van der Waals surface area contributed by atoms with Crippen LogP contribution in [0.25, 0.3) is 0 Å². The average Bonchev–Trinajstić information content (AvgIpc) is 2.46. The first-order chi connectivity index (χ1) is 9.61. The van der Waals surface area contributed by atoms with Crippen molar-refractivity contribution in [2.45, 2.75) is 26.5 Å². The molecule has 106 valence electrons. The zero-order valence-corrected chi connectivity index (χ0v) is 11.9. The van der Waals surface area contributed by atoms with Gasteiger partial charge in [-0.2, -0.15) is 0 Å². The second-order valence-corrected chi connectivity index (χ2v) is 4.89. The van der Waals surface area contributed by atoms with Gasteiger partial charge in [-0.25, -0.2) is 4.39 Å². The molecule has 20 heavy (non-hydrogen) atoms. The molecule has 0 aromatic heterocycles. The van der Waals surface area contributed by atoms with Crippen molar-refractivity contribution < 1.29 is 9.50 Å². The van der Waals surface area contributed by atoms with E-state index in [4.69, 9.17) is 0 Å². The van der Waals surface area contributed by atoms with Crippen LogP contribution in [0.5, 0.6) is 0 Å². The SMILES string of the molecule is CCN(Cc1ccccc1)c1ccc([C@H](C)O)cc1F. The third kappa shape index (κ3) is 3.36. The number of halogens is 1. The minimum Gasteiger partial charge on any atom is -0.389 e. The van der Waals surface area contributed by atoms with Gasteiger partial charge in [0.15, 0.2) is 0 Å². The third-order valence-electron chi connectivity index (χ3n) is 3.39. The van der Waals surface area contributed by atoms with Crippen molar-refractivity contribution >= 4 is 5.69 Å². The molecule has 0 spiro atoms. The standard InChI is InChI=1S/C17H20FNO/c1-3-19(12-14-7-5-4-6-8-14)17-10-9-15(13(2)20)11-16(17)18/h4-11,13,20H,3,12H2,1-2H3/t13-/m0/s1. The Hall–Kier alpha value is -1.87. The van der Waals surface area contributed by atoms with E-state index >= 15 is 0 Å². The minimum atomic E-state index is -0.650. The second-order valence-electron chi connectivity index (χ2n) is 4.89. The van der Waals surface area contributed by atoms with E-state index in [9.17, 15) is 9.50 Å². The van der Waals surface area contributed by atoms with Crippen molar-refractivity contribution in [3.8, 4) is 0 Å². The molecule has 3 heteroatoms. The molecule has 0 heterocycles. The molecule has 0 aliphatic carbocycles. The van der Waals surface area contributed by atoms with E-state index in [0.29, 0.717) is 17.8 Å². The van der Waals surface area contributed by atoms with Crippen molar-refractivity contribution in [1.82, 2.24) is 0 Å². The van der Waals surface area contributed by atoms with Gasteiger partial charge in [0.05, 0.1) is 11.8 Å². The average molecular weight is 273 g/mol. The van der Waals surface area contributed by atoms with Crippen molar-refractivity contribution in [2.75, 3.05) is 11.4 Å². The number of benzene rings is 2. The van der Waals surface area contributed by atoms with E-state index in [-0.39, 0.29) is 5.82 Å². The number of hydrogen-bond acceptors (Lipinski definition) is 2. The van der Waals surface area contributed by atoms with Gasteiger partial charge in [0.25, 0.3) is 0 Å². The van der Waals surface area contributed by atoms with Crippen LogP contribution in [0, 0.1) is 5.82 Å². The van der Waals surface area contributed by atoms with Crippen LogP contribution in [0.4, 0.5) is 10.1 Å². The first-order valence-corrected chi connectivity index (χ1v) is 6.88. The highest BCUT2D eigenvalue weighted by Crippen LogP contribution is 2.24. The van der Waals surface area contributed by atoms with Gasteiger partial charge in [-0.1, -0.05) is 36.4 Å². The van der Waals surface area contributed by atoms with Crippen molar-refractivity contribution in [3.63, 3.8) is 0 Å². The maximum absolute atomic E-state index is 14.2. The summed E-state index contributed by atoms with van der Waals surface area (Å²) < 4.78 is 14.2. The molecule has 0 saturated carbocycles. The topological polar surface area (TPSA) is 23.5 Å². The molecule has 0 aliphatic rings. The molecule has 1 N–H and O–H groups in total. The van der Waals surface area contributed by atoms with E-state index in [1.807, 2.05) is 42.2 Å². The Bertz CT molecular complexity index is 554. The van der Waals surface area contributed by atoms with E-state index in [0.717, 1.165) is 12.1 Å². The molecule has 0 radical (unpaired) electrons. The van der Waals surface area contributed by atoms with Crippen LogP contribution >= 0.6 is 0 Å². The normalized spacial score (nSPS) is 12.2. The summed E-state index contributed by atoms with van der Waals surface area (Å²) in [6.07, 6.45) is -0.650. The van der Waals surface area contributed by atoms with Crippen molar-refractivity contribution in [3.05, 3.63) is 65.5 Å². The van der Waals surface area contributed by atoms with Crippen LogP contribution in [0.1, 0.15) is 31.1 Å². The summed E-state index contributed by atoms with van der Waals surface area (Å²) in [5.74, 6) is -0.291. The molecule has 2 aromatic carbocycles. The van der Waals surface area contributed by atoms with Crippen molar-refractivity contribution in [1.29, 1.82) is 0 Å². The fourth-order valence-corrected chi connectivity index (χ4v) is 2.21. The fourth-order valence-electron chi connectivity index (χ4n) is 2.21. The Labute approximate surface area is 119 Å². The highest BCUT2D eigenvalue weighted by atomic mass is 19.1. The van der Waals surface area contributed by atoms with Crippen LogP contribution in [0.2, 0.25) is 0 Å². The molecule has 0 bridgehead atoms. The number of aliphatic hydroxyl groups is 1. The molecular weight excluding hydrogens is 253 g/mol. The summed E-state index contributed by atoms with van der Waals surface area (Å²) in [6, 6.07) is 14.9. The molecule has 2 rings (SSSR count). The lowest BCUT2D eigenvalue weighted by atomic mass is 10.1. The Morgan fingerprint density at radius 2 is 1.85 bits per heavy atom. The van der Waals surface area contributed by atoms with E-state index < -0.39 is 6.10 Å². The molecule has 2 aromatic rings. The summed E-state index contributed by atoms with van der Waals surface area (Å²) in [5.41, 5.74) is 2.32. The highest BCUT2D eigenvalue weighted by Gasteiger charge is 2.12. The Morgan fingerprint density at radius 1 is 1.15 bits per heavy atom. The predicted octanol–water partition coefficient (Wildman–Crippen LogP) is 3.91. The quantitative estimate of drug-likeness (QED) is 0.893. The predicted molar refractivity (Wildman–Crippen MR) is 80.2 cm³/mol. The van der Waals surface area contributed by atoms with Crippen LogP contribution in [-0.2, 0) is 6.54 Å². The second kappa shape index (κ2) is 6.53. The Balaban J connectivity index is 2.23. The van der Waals surface area contributed by atoms with Gasteiger partial charge in [0.1, 0.15) is 5.82 Å². The van der Waals surface area contributed by atoms with E-state index in [1.54, 1.807) is 19.1 Å². The fraction of sp³-hybridized carbons (Fsp3) is 0.294. The van der Waals surface area contributed by atoms with Gasteiger partial charge in [0.2, 0.25) is 0 Å². The summed E-state index contributed by atoms with van der Waals surface area (Å²) >= 11 is 0. The molecule has 0 unspecified atom stereocenters. The molecule has 0 amide bonds. The maximum Gasteiger partial charge on any atom is 0.146 e. The Kier molecular flexibility index (Phi) is 4.74. The lowest BCUT2D eigenvalue weighted by molar-refractivity contribution is 0.199. The molecule has 0 fully saturated rings. The summed E-state index contributed by atoms with van der Waals surface area (Å²) in [5, 5.41) is 9.49. The first-order valence-electron chi connectivity index (χ1n) is 6.88. The number of nitrogens with zero attached hydrogens (tertiary/aromatic N) is 1. The first kappa shape index (κ1) is 14.5. The van der Waals surface area contributed by atoms with E-state index in [1.165, 1.54) is 6.07 Å². The lowest BCUT2D eigenvalue weighted by Crippen LogP contribution is -2.23. The van der Waals surface area contributed by atoms with Crippen LogP contribution < -0.4 is 4.90 Å². The zero-order chi connectivity index (χ0) is 14.5. The molecule has 1 atom stereocenters. The summed E-state index contributed by atoms with van der Waals surface area (Å²) in [4.78, 5) is 1.98. The Morgan fingerprint density at radius 3 is 2.40 bits per heavy atom. The maximum atomic E-state index is 14.2. The summed E-state index contributed by atoms with van der Waals surface area (Å²) in [6.45, 7) is 5.03. The van der Waals surface area contributed by atoms with Gasteiger partial charge < -0.3 is 10.0 Å². The van der Waals surface area contributed by atoms with Gasteiger partial charge in [0, 0.05) is 13.1 Å². The lowest BCUT2D eigenvalue weighted by Gasteiger charge is -2.24. The highest BCUT2D eigenvalue weighted by molar-refractivity contribution is 5.50. The zero-order valence-electron chi connectivity index (χ0n) is 11.9. The molecule has 2 nitrogen and oxygen atoms in total. The molecular formula is C17H20FNO. The largest absolute Gasteiger partial charge is 0.389 e. The van der Waals surface area contributed by atoms with E-state index in [2.05, 4.69) is 0 Å². The smallest absolute Gasteiger partial charge is 0.146 e. The monoisotopic (exact) mass is 273 g/mol. The van der Waals surface area contributed by atoms with Gasteiger partial charge in [-0.15, -0.1) is 0 Å². The summed E-state index contributed by atoms with van der Waals surface area (Å²) in [7, 11) is 0.